The van der Waals surface area contributed by atoms with Crippen LogP contribution in [0.25, 0.3) is 0 Å². The summed E-state index contributed by atoms with van der Waals surface area (Å²) in [5, 5.41) is 2.96. The minimum absolute atomic E-state index is 0.0613. The van der Waals surface area contributed by atoms with Crippen LogP contribution in [-0.4, -0.2) is 44.6 Å². The number of rotatable bonds is 6. The molecule has 0 aliphatic rings. The van der Waals surface area contributed by atoms with E-state index in [0.29, 0.717) is 6.54 Å². The predicted molar refractivity (Wildman–Crippen MR) is 89.9 cm³/mol. The van der Waals surface area contributed by atoms with Gasteiger partial charge in [-0.15, -0.1) is 0 Å². The highest BCUT2D eigenvalue weighted by Crippen LogP contribution is 2.22. The zero-order valence-electron chi connectivity index (χ0n) is 14.5. The van der Waals surface area contributed by atoms with Gasteiger partial charge in [0, 0.05) is 6.54 Å². The van der Waals surface area contributed by atoms with Crippen molar-refractivity contribution in [1.82, 2.24) is 10.2 Å². The molecule has 2 atom stereocenters. The van der Waals surface area contributed by atoms with Gasteiger partial charge in [-0.3, -0.25) is 4.79 Å². The van der Waals surface area contributed by atoms with Gasteiger partial charge in [0.05, 0.1) is 19.2 Å². The lowest BCUT2D eigenvalue weighted by atomic mass is 9.87. The Morgan fingerprint density at radius 1 is 1.36 bits per heavy atom. The number of amides is 1. The fourth-order valence-electron chi connectivity index (χ4n) is 2.15. The fraction of sp³-hybridized carbons (Fsp3) is 0.588. The smallest absolute Gasteiger partial charge is 0.237 e. The average Bonchev–Trinajstić information content (AvgIpc) is 2.45. The topological polar surface area (TPSA) is 67.6 Å². The summed E-state index contributed by atoms with van der Waals surface area (Å²) < 4.78 is 5.27. The van der Waals surface area contributed by atoms with Crippen molar-refractivity contribution in [2.45, 2.75) is 32.9 Å². The van der Waals surface area contributed by atoms with E-state index >= 15 is 0 Å². The predicted octanol–water partition coefficient (Wildman–Crippen LogP) is 1.79. The summed E-state index contributed by atoms with van der Waals surface area (Å²) in [7, 11) is 5.62. The van der Waals surface area contributed by atoms with Crippen LogP contribution in [0.1, 0.15) is 32.4 Å². The highest BCUT2D eigenvalue weighted by molar-refractivity contribution is 5.82. The van der Waals surface area contributed by atoms with Gasteiger partial charge in [0.2, 0.25) is 5.91 Å². The Balaban J connectivity index is 2.79. The summed E-state index contributed by atoms with van der Waals surface area (Å²) in [6, 6.07) is 7.41. The number of ether oxygens (including phenoxy) is 1. The molecule has 1 aromatic rings. The Labute approximate surface area is 133 Å². The normalized spacial score (nSPS) is 14.5. The van der Waals surface area contributed by atoms with E-state index in [1.165, 1.54) is 0 Å². The lowest BCUT2D eigenvalue weighted by Crippen LogP contribution is -2.50. The highest BCUT2D eigenvalue weighted by atomic mass is 16.5. The third kappa shape index (κ3) is 5.00. The van der Waals surface area contributed by atoms with E-state index in [0.717, 1.165) is 11.3 Å². The van der Waals surface area contributed by atoms with E-state index in [2.05, 4.69) is 10.2 Å². The number of benzene rings is 1. The second-order valence-corrected chi connectivity index (χ2v) is 6.84. The third-order valence-electron chi connectivity index (χ3n) is 3.79. The Morgan fingerprint density at radius 2 is 2.00 bits per heavy atom. The van der Waals surface area contributed by atoms with Crippen LogP contribution >= 0.6 is 0 Å². The SMILES string of the molecule is COc1cccc(C(CNC(=O)[C@@H](N)C(C)(C)C)N(C)C)c1. The zero-order chi connectivity index (χ0) is 16.9. The first-order valence-corrected chi connectivity index (χ1v) is 7.50. The molecule has 1 unspecified atom stereocenters. The lowest BCUT2D eigenvalue weighted by Gasteiger charge is -2.29. The Morgan fingerprint density at radius 3 is 2.50 bits per heavy atom. The van der Waals surface area contributed by atoms with Gasteiger partial charge in [0.1, 0.15) is 5.75 Å². The molecule has 0 saturated heterocycles. The number of nitrogens with two attached hydrogens (primary N) is 1. The Kier molecular flexibility index (Phi) is 6.38. The van der Waals surface area contributed by atoms with Gasteiger partial charge in [0.15, 0.2) is 0 Å². The van der Waals surface area contributed by atoms with E-state index < -0.39 is 6.04 Å². The van der Waals surface area contributed by atoms with E-state index in [-0.39, 0.29) is 17.4 Å². The van der Waals surface area contributed by atoms with E-state index in [9.17, 15) is 4.79 Å². The van der Waals surface area contributed by atoms with Crippen molar-refractivity contribution in [2.75, 3.05) is 27.7 Å². The van der Waals surface area contributed by atoms with E-state index in [1.54, 1.807) is 7.11 Å². The summed E-state index contributed by atoms with van der Waals surface area (Å²) >= 11 is 0. The van der Waals surface area contributed by atoms with Crippen LogP contribution in [0.2, 0.25) is 0 Å². The molecule has 0 aromatic heterocycles. The summed E-state index contributed by atoms with van der Waals surface area (Å²) in [6.07, 6.45) is 0. The summed E-state index contributed by atoms with van der Waals surface area (Å²) in [5.74, 6) is 0.685. The van der Waals surface area contributed by atoms with Crippen molar-refractivity contribution in [1.29, 1.82) is 0 Å². The van der Waals surface area contributed by atoms with Crippen molar-refractivity contribution in [2.24, 2.45) is 11.1 Å². The number of hydrogen-bond donors (Lipinski definition) is 2. The number of hydrogen-bond acceptors (Lipinski definition) is 4. The van der Waals surface area contributed by atoms with Crippen LogP contribution < -0.4 is 15.8 Å². The van der Waals surface area contributed by atoms with Gasteiger partial charge in [-0.25, -0.2) is 0 Å². The number of methoxy groups -OCH3 is 1. The summed E-state index contributed by atoms with van der Waals surface area (Å²) in [4.78, 5) is 14.3. The molecule has 0 spiro atoms. The van der Waals surface area contributed by atoms with Crippen LogP contribution in [0.5, 0.6) is 5.75 Å². The standard InChI is InChI=1S/C17H29N3O2/c1-17(2,3)15(18)16(21)19-11-14(20(4)5)12-8-7-9-13(10-12)22-6/h7-10,14-15H,11,18H2,1-6H3,(H,19,21)/t14?,15-/m1/s1. The first-order valence-electron chi connectivity index (χ1n) is 7.50. The lowest BCUT2D eigenvalue weighted by molar-refractivity contribution is -0.124. The molecular weight excluding hydrogens is 278 g/mol. The molecule has 0 aliphatic heterocycles. The van der Waals surface area contributed by atoms with Crippen molar-refractivity contribution >= 4 is 5.91 Å². The Bertz CT molecular complexity index is 495. The Hall–Kier alpha value is -1.59. The largest absolute Gasteiger partial charge is 0.497 e. The molecular formula is C17H29N3O2. The van der Waals surface area contributed by atoms with E-state index in [1.807, 2.05) is 59.1 Å². The minimum Gasteiger partial charge on any atom is -0.497 e. The quantitative estimate of drug-likeness (QED) is 0.841. The molecule has 5 nitrogen and oxygen atoms in total. The second-order valence-electron chi connectivity index (χ2n) is 6.84. The molecule has 0 saturated carbocycles. The molecule has 0 aliphatic carbocycles. The first kappa shape index (κ1) is 18.5. The number of nitrogens with one attached hydrogen (secondary N) is 1. The molecule has 1 aromatic carbocycles. The van der Waals surface area contributed by atoms with Gasteiger partial charge in [-0.2, -0.15) is 0 Å². The molecule has 1 amide bonds. The average molecular weight is 307 g/mol. The fourth-order valence-corrected chi connectivity index (χ4v) is 2.15. The zero-order valence-corrected chi connectivity index (χ0v) is 14.5. The maximum Gasteiger partial charge on any atom is 0.237 e. The first-order chi connectivity index (χ1) is 10.2. The third-order valence-corrected chi connectivity index (χ3v) is 3.79. The number of carbonyl (C=O) groups excluding carboxylic acids is 1. The second kappa shape index (κ2) is 7.61. The van der Waals surface area contributed by atoms with E-state index in [4.69, 9.17) is 10.5 Å². The van der Waals surface area contributed by atoms with Crippen LogP contribution in [0.3, 0.4) is 0 Å². The molecule has 124 valence electrons. The van der Waals surface area contributed by atoms with Crippen LogP contribution in [-0.2, 0) is 4.79 Å². The van der Waals surface area contributed by atoms with Gasteiger partial charge in [0.25, 0.3) is 0 Å². The number of likely N-dealkylation sites (N-methyl/N-ethyl adjacent to an activating group) is 1. The summed E-state index contributed by atoms with van der Waals surface area (Å²) in [5.41, 5.74) is 6.83. The molecule has 5 heteroatoms. The minimum atomic E-state index is -0.527. The molecule has 0 bridgehead atoms. The van der Waals surface area contributed by atoms with Gasteiger partial charge >= 0.3 is 0 Å². The van der Waals surface area contributed by atoms with Crippen LogP contribution in [0.15, 0.2) is 24.3 Å². The maximum atomic E-state index is 12.2. The monoisotopic (exact) mass is 307 g/mol. The van der Waals surface area contributed by atoms with Gasteiger partial charge < -0.3 is 20.7 Å². The van der Waals surface area contributed by atoms with Crippen molar-refractivity contribution < 1.29 is 9.53 Å². The number of carbonyl (C=O) groups is 1. The number of nitrogens with zero attached hydrogens (tertiary/aromatic N) is 1. The highest BCUT2D eigenvalue weighted by Gasteiger charge is 2.28. The molecule has 22 heavy (non-hydrogen) atoms. The molecule has 0 fully saturated rings. The van der Waals surface area contributed by atoms with Crippen LogP contribution in [0, 0.1) is 5.41 Å². The van der Waals surface area contributed by atoms with Gasteiger partial charge in [-0.1, -0.05) is 32.9 Å². The van der Waals surface area contributed by atoms with Crippen LogP contribution in [0.4, 0.5) is 0 Å². The maximum absolute atomic E-state index is 12.2. The van der Waals surface area contributed by atoms with Crippen molar-refractivity contribution in [3.8, 4) is 5.75 Å². The summed E-state index contributed by atoms with van der Waals surface area (Å²) in [6.45, 7) is 6.39. The van der Waals surface area contributed by atoms with Crippen molar-refractivity contribution in [3.63, 3.8) is 0 Å². The molecule has 3 N–H and O–H groups in total. The molecule has 0 heterocycles. The molecule has 0 radical (unpaired) electrons. The molecule has 1 rings (SSSR count). The van der Waals surface area contributed by atoms with Gasteiger partial charge in [-0.05, 0) is 37.2 Å². The van der Waals surface area contributed by atoms with Crippen molar-refractivity contribution in [3.05, 3.63) is 29.8 Å².